The van der Waals surface area contributed by atoms with Gasteiger partial charge < -0.3 is 5.32 Å². The Labute approximate surface area is 185 Å². The Morgan fingerprint density at radius 1 is 0.839 bits per heavy atom. The van der Waals surface area contributed by atoms with E-state index in [1.54, 1.807) is 0 Å². The van der Waals surface area contributed by atoms with Gasteiger partial charge in [0.05, 0.1) is 6.54 Å². The van der Waals surface area contributed by atoms with E-state index in [9.17, 15) is 0 Å². The molecule has 0 saturated heterocycles. The van der Waals surface area contributed by atoms with Gasteiger partial charge in [-0.05, 0) is 43.4 Å². The Morgan fingerprint density at radius 3 is 2.26 bits per heavy atom. The third kappa shape index (κ3) is 5.68. The average molecular weight is 411 g/mol. The van der Waals surface area contributed by atoms with Gasteiger partial charge in [0.25, 0.3) is 0 Å². The van der Waals surface area contributed by atoms with E-state index in [4.69, 9.17) is 10.2 Å². The Morgan fingerprint density at radius 2 is 1.52 bits per heavy atom. The normalized spacial score (nSPS) is 12.1. The Balaban J connectivity index is 1.47. The highest BCUT2D eigenvalue weighted by Gasteiger charge is 2.15. The van der Waals surface area contributed by atoms with Crippen LogP contribution in [0.15, 0.2) is 84.9 Å². The van der Waals surface area contributed by atoms with Gasteiger partial charge in [-0.3, -0.25) is 0 Å². The van der Waals surface area contributed by atoms with Crippen molar-refractivity contribution in [2.75, 3.05) is 0 Å². The molecule has 1 heterocycles. The molecule has 158 valence electrons. The largest absolute Gasteiger partial charge is 0.309 e. The fraction of sp³-hybridized carbons (Fsp3) is 0.259. The van der Waals surface area contributed by atoms with Crippen LogP contribution in [0.1, 0.15) is 35.7 Å². The van der Waals surface area contributed by atoms with E-state index in [2.05, 4.69) is 98.0 Å². The Bertz CT molecular complexity index is 1090. The summed E-state index contributed by atoms with van der Waals surface area (Å²) in [7, 11) is 0. The minimum absolute atomic E-state index is 0.394. The quantitative estimate of drug-likeness (QED) is 0.401. The van der Waals surface area contributed by atoms with Crippen molar-refractivity contribution < 1.29 is 0 Å². The van der Waals surface area contributed by atoms with Crippen LogP contribution in [0, 0.1) is 6.92 Å². The second-order valence-corrected chi connectivity index (χ2v) is 8.12. The number of hydrogen-bond acceptors (Lipinski definition) is 3. The molecule has 3 aromatic carbocycles. The van der Waals surface area contributed by atoms with Gasteiger partial charge in [0.1, 0.15) is 11.4 Å². The van der Waals surface area contributed by atoms with Crippen LogP contribution in [0.2, 0.25) is 0 Å². The topological polar surface area (TPSA) is 42.7 Å². The molecule has 0 aliphatic carbocycles. The minimum Gasteiger partial charge on any atom is -0.309 e. The predicted molar refractivity (Wildman–Crippen MR) is 127 cm³/mol. The summed E-state index contributed by atoms with van der Waals surface area (Å²) in [6.45, 7) is 5.75. The zero-order valence-corrected chi connectivity index (χ0v) is 18.3. The first-order valence-electron chi connectivity index (χ1n) is 11.0. The summed E-state index contributed by atoms with van der Waals surface area (Å²) >= 11 is 0. The molecule has 0 bridgehead atoms. The molecule has 1 atom stereocenters. The van der Waals surface area contributed by atoms with E-state index in [0.717, 1.165) is 29.8 Å². The van der Waals surface area contributed by atoms with E-state index in [1.807, 2.05) is 10.9 Å². The van der Waals surface area contributed by atoms with Crippen LogP contribution >= 0.6 is 0 Å². The first-order chi connectivity index (χ1) is 15.2. The molecule has 0 aliphatic rings. The van der Waals surface area contributed by atoms with E-state index in [-0.39, 0.29) is 0 Å². The van der Waals surface area contributed by atoms with Gasteiger partial charge >= 0.3 is 0 Å². The first kappa shape index (κ1) is 21.0. The molecule has 0 aliphatic heterocycles. The molecule has 0 spiro atoms. The van der Waals surface area contributed by atoms with Crippen molar-refractivity contribution in [3.63, 3.8) is 0 Å². The lowest BCUT2D eigenvalue weighted by atomic mass is 10.1. The van der Waals surface area contributed by atoms with Crippen LogP contribution in [0.4, 0.5) is 0 Å². The molecular formula is C27H30N4. The summed E-state index contributed by atoms with van der Waals surface area (Å²) in [5.41, 5.74) is 6.93. The van der Waals surface area contributed by atoms with Crippen molar-refractivity contribution in [3.8, 4) is 11.3 Å². The van der Waals surface area contributed by atoms with Gasteiger partial charge in [-0.1, -0.05) is 84.9 Å². The molecule has 0 fully saturated rings. The number of aromatic nitrogens is 3. The third-order valence-corrected chi connectivity index (χ3v) is 5.67. The van der Waals surface area contributed by atoms with E-state index < -0.39 is 0 Å². The van der Waals surface area contributed by atoms with Crippen molar-refractivity contribution in [1.29, 1.82) is 0 Å². The number of nitrogens with zero attached hydrogens (tertiary/aromatic N) is 3. The highest BCUT2D eigenvalue weighted by atomic mass is 15.5. The number of nitrogens with one attached hydrogen (secondary N) is 1. The van der Waals surface area contributed by atoms with Crippen LogP contribution in [0.5, 0.6) is 0 Å². The zero-order chi connectivity index (χ0) is 21.5. The Hall–Kier alpha value is -3.24. The maximum atomic E-state index is 4.86. The van der Waals surface area contributed by atoms with Crippen LogP contribution in [-0.4, -0.2) is 21.0 Å². The van der Waals surface area contributed by atoms with Gasteiger partial charge in [-0.2, -0.15) is 15.0 Å². The third-order valence-electron chi connectivity index (χ3n) is 5.67. The number of hydrogen-bond donors (Lipinski definition) is 1. The summed E-state index contributed by atoms with van der Waals surface area (Å²) in [5, 5.41) is 13.4. The smallest absolute Gasteiger partial charge is 0.117 e. The standard InChI is InChI=1S/C27H30N4/c1-21-11-9-10-16-25(21)20-31-29-26(27(30-31)24-14-7-4-8-15-24)19-28-22(2)17-18-23-12-5-3-6-13-23/h3-16,22,28H,17-20H2,1-2H3/t22-/m0/s1. The van der Waals surface area contributed by atoms with Crippen LogP contribution in [0.3, 0.4) is 0 Å². The van der Waals surface area contributed by atoms with Crippen LogP contribution in [0.25, 0.3) is 11.3 Å². The molecular weight excluding hydrogens is 380 g/mol. The zero-order valence-electron chi connectivity index (χ0n) is 18.3. The first-order valence-corrected chi connectivity index (χ1v) is 11.0. The predicted octanol–water partition coefficient (Wildman–Crippen LogP) is 5.41. The highest BCUT2D eigenvalue weighted by Crippen LogP contribution is 2.21. The van der Waals surface area contributed by atoms with E-state index in [1.165, 1.54) is 16.7 Å². The molecule has 4 aromatic rings. The minimum atomic E-state index is 0.394. The van der Waals surface area contributed by atoms with Gasteiger partial charge in [0.15, 0.2) is 0 Å². The lowest BCUT2D eigenvalue weighted by Gasteiger charge is -2.13. The molecule has 1 aromatic heterocycles. The second kappa shape index (κ2) is 10.2. The van der Waals surface area contributed by atoms with Crippen molar-refractivity contribution in [2.24, 2.45) is 0 Å². The van der Waals surface area contributed by atoms with Crippen molar-refractivity contribution in [2.45, 2.75) is 45.8 Å². The highest BCUT2D eigenvalue weighted by molar-refractivity contribution is 5.60. The van der Waals surface area contributed by atoms with Gasteiger partial charge in [0, 0.05) is 18.2 Å². The van der Waals surface area contributed by atoms with Gasteiger partial charge in [-0.15, -0.1) is 0 Å². The number of rotatable bonds is 9. The molecule has 4 rings (SSSR count). The fourth-order valence-electron chi connectivity index (χ4n) is 3.73. The maximum Gasteiger partial charge on any atom is 0.117 e. The molecule has 4 heteroatoms. The molecule has 31 heavy (non-hydrogen) atoms. The average Bonchev–Trinajstić information content (AvgIpc) is 3.22. The van der Waals surface area contributed by atoms with E-state index >= 15 is 0 Å². The van der Waals surface area contributed by atoms with Crippen molar-refractivity contribution in [1.82, 2.24) is 20.3 Å². The summed E-state index contributed by atoms with van der Waals surface area (Å²) in [4.78, 5) is 1.83. The number of aryl methyl sites for hydroxylation is 2. The molecule has 1 N–H and O–H groups in total. The maximum absolute atomic E-state index is 4.86. The fourth-order valence-corrected chi connectivity index (χ4v) is 3.73. The van der Waals surface area contributed by atoms with E-state index in [0.29, 0.717) is 19.1 Å². The van der Waals surface area contributed by atoms with Crippen LogP contribution < -0.4 is 5.32 Å². The lowest BCUT2D eigenvalue weighted by molar-refractivity contribution is 0.503. The lowest BCUT2D eigenvalue weighted by Crippen LogP contribution is -2.26. The molecule has 0 saturated carbocycles. The SMILES string of the molecule is Cc1ccccc1Cn1nc(CN[C@@H](C)CCc2ccccc2)c(-c2ccccc2)n1. The summed E-state index contributed by atoms with van der Waals surface area (Å²) < 4.78 is 0. The van der Waals surface area contributed by atoms with Crippen molar-refractivity contribution >= 4 is 0 Å². The van der Waals surface area contributed by atoms with Gasteiger partial charge in [0.2, 0.25) is 0 Å². The molecule has 0 unspecified atom stereocenters. The van der Waals surface area contributed by atoms with Crippen molar-refractivity contribution in [3.05, 3.63) is 107 Å². The summed E-state index contributed by atoms with van der Waals surface area (Å²) in [6, 6.07) is 29.8. The number of benzene rings is 3. The van der Waals surface area contributed by atoms with Gasteiger partial charge in [-0.25, -0.2) is 0 Å². The Kier molecular flexibility index (Phi) is 6.90. The molecule has 4 nitrogen and oxygen atoms in total. The van der Waals surface area contributed by atoms with Crippen LogP contribution in [-0.2, 0) is 19.5 Å². The second-order valence-electron chi connectivity index (χ2n) is 8.12. The molecule has 0 amide bonds. The monoisotopic (exact) mass is 410 g/mol. The molecule has 0 radical (unpaired) electrons. The summed E-state index contributed by atoms with van der Waals surface area (Å²) in [6.07, 6.45) is 2.16. The summed E-state index contributed by atoms with van der Waals surface area (Å²) in [5.74, 6) is 0.